The van der Waals surface area contributed by atoms with E-state index in [1.165, 1.54) is 0 Å². The molecule has 0 N–H and O–H groups in total. The molecule has 0 spiro atoms. The van der Waals surface area contributed by atoms with Crippen LogP contribution in [0.5, 0.6) is 0 Å². The third-order valence-electron chi connectivity index (χ3n) is 0.500. The Labute approximate surface area is 57.2 Å². The van der Waals surface area contributed by atoms with Crippen molar-refractivity contribution in [2.24, 2.45) is 0 Å². The van der Waals surface area contributed by atoms with Crippen molar-refractivity contribution in [3.05, 3.63) is 0 Å². The molecule has 0 rings (SSSR count). The normalized spacial score (nSPS) is 7.43. The second kappa shape index (κ2) is 4.21. The van der Waals surface area contributed by atoms with E-state index in [-0.39, 0.29) is 20.2 Å². The standard InChI is InChI=1S/2C2H6Si.Hf/c2*1-3-2;/h2*1-2H3;. The number of hydrogen-bond acceptors (Lipinski definition) is 0. The van der Waals surface area contributed by atoms with Gasteiger partial charge in [0.1, 0.15) is 0 Å². The van der Waals surface area contributed by atoms with Crippen molar-refractivity contribution in [1.82, 2.24) is 0 Å². The molecule has 0 aliphatic carbocycles. The molecule has 0 aliphatic heterocycles. The Morgan fingerprint density at radius 2 is 1.14 bits per heavy atom. The van der Waals surface area contributed by atoms with Gasteiger partial charge in [0.2, 0.25) is 0 Å². The van der Waals surface area contributed by atoms with Crippen LogP contribution in [0.15, 0.2) is 0 Å². The summed E-state index contributed by atoms with van der Waals surface area (Å²) >= 11 is 0.0525. The van der Waals surface area contributed by atoms with E-state index in [1.807, 2.05) is 0 Å². The first-order valence-corrected chi connectivity index (χ1v) is 18.3. The average Bonchev–Trinajstić information content (AvgIpc) is 1.27. The van der Waals surface area contributed by atoms with Gasteiger partial charge in [-0.05, 0) is 0 Å². The Kier molecular flexibility index (Phi) is 4.99. The van der Waals surface area contributed by atoms with Gasteiger partial charge in [0.15, 0.2) is 0 Å². The fourth-order valence-corrected chi connectivity index (χ4v) is 36.8. The Bertz CT molecular complexity index is 102. The second-order valence-electron chi connectivity index (χ2n) is 2.12. The summed E-state index contributed by atoms with van der Waals surface area (Å²) in [6, 6.07) is 0. The third-order valence-corrected chi connectivity index (χ3v) is 36.8. The molecule has 0 fully saturated rings. The molecule has 3 heteroatoms. The van der Waals surface area contributed by atoms with Crippen molar-refractivity contribution < 1.29 is 20.2 Å². The van der Waals surface area contributed by atoms with Gasteiger partial charge in [-0.2, -0.15) is 0 Å². The molecule has 0 amide bonds. The van der Waals surface area contributed by atoms with Crippen LogP contribution in [-0.2, 0) is 20.2 Å². The summed E-state index contributed by atoms with van der Waals surface area (Å²) in [6.07, 6.45) is 0. The first kappa shape index (κ1) is 8.30. The minimum atomic E-state index is 0.0525. The van der Waals surface area contributed by atoms with E-state index in [0.29, 0.717) is 11.0 Å². The number of hydrogen-bond donors (Lipinski definition) is 0. The van der Waals surface area contributed by atoms with E-state index in [9.17, 15) is 0 Å². The summed E-state index contributed by atoms with van der Waals surface area (Å²) < 4.78 is 0. The van der Waals surface area contributed by atoms with Gasteiger partial charge in [-0.25, -0.2) is 0 Å². The molecule has 0 aliphatic rings. The molecule has 0 nitrogen and oxygen atoms in total. The van der Waals surface area contributed by atoms with Gasteiger partial charge < -0.3 is 0 Å². The van der Waals surface area contributed by atoms with Crippen LogP contribution in [0, 0.1) is 0 Å². The van der Waals surface area contributed by atoms with Crippen LogP contribution >= 0.6 is 0 Å². The van der Waals surface area contributed by atoms with Crippen LogP contribution in [0.1, 0.15) is 0 Å². The van der Waals surface area contributed by atoms with Crippen LogP contribution in [0.25, 0.3) is 0 Å². The van der Waals surface area contributed by atoms with E-state index in [4.69, 9.17) is 0 Å². The van der Waals surface area contributed by atoms with Crippen LogP contribution in [0.3, 0.4) is 0 Å². The molecule has 40 valence electrons. The Balaban J connectivity index is 4.13. The van der Waals surface area contributed by atoms with E-state index >= 15 is 0 Å². The minimum absolute atomic E-state index is 0.0525. The first-order chi connectivity index (χ1) is 3.13. The predicted molar refractivity (Wildman–Crippen MR) is 35.0 cm³/mol. The molecule has 7 heavy (non-hydrogen) atoms. The molecule has 0 aromatic heterocycles. The molecule has 0 saturated heterocycles. The van der Waals surface area contributed by atoms with Gasteiger partial charge in [-0.1, -0.05) is 0 Å². The first-order valence-electron chi connectivity index (χ1n) is 2.50. The molecule has 0 aromatic rings. The Morgan fingerprint density at radius 3 is 1.14 bits per heavy atom. The van der Waals surface area contributed by atoms with Crippen LogP contribution < -0.4 is 0 Å². The Hall–Kier alpha value is 1.30. The maximum atomic E-state index is 2.48. The van der Waals surface area contributed by atoms with Crippen molar-refractivity contribution in [2.75, 3.05) is 0 Å². The van der Waals surface area contributed by atoms with E-state index in [2.05, 4.69) is 26.2 Å². The zero-order valence-electron chi connectivity index (χ0n) is 5.50. The average molecular weight is 295 g/mol. The summed E-state index contributed by atoms with van der Waals surface area (Å²) in [7, 11) is 0. The van der Waals surface area contributed by atoms with Gasteiger partial charge >= 0.3 is 57.3 Å². The second-order valence-corrected chi connectivity index (χ2v) is 36.8. The zero-order valence-corrected chi connectivity index (χ0v) is 11.1. The molecule has 0 aromatic carbocycles. The van der Waals surface area contributed by atoms with Crippen molar-refractivity contribution in [3.8, 4) is 0 Å². The van der Waals surface area contributed by atoms with E-state index < -0.39 is 0 Å². The molecule has 0 radical (unpaired) electrons. The van der Waals surface area contributed by atoms with Crippen LogP contribution in [-0.4, -0.2) is 11.0 Å². The van der Waals surface area contributed by atoms with E-state index in [0.717, 1.165) is 0 Å². The molecule has 0 bridgehead atoms. The van der Waals surface area contributed by atoms with Crippen LogP contribution in [0.4, 0.5) is 0 Å². The van der Waals surface area contributed by atoms with Crippen LogP contribution in [0.2, 0.25) is 26.2 Å². The fraction of sp³-hybridized carbons (Fsp3) is 1.00. The zero-order chi connectivity index (χ0) is 5.86. The summed E-state index contributed by atoms with van der Waals surface area (Å²) in [6.45, 7) is 9.91. The summed E-state index contributed by atoms with van der Waals surface area (Å²) in [5.41, 5.74) is 0.611. The van der Waals surface area contributed by atoms with E-state index in [1.54, 1.807) is 0 Å². The maximum absolute atomic E-state index is 2.48. The van der Waals surface area contributed by atoms with Crippen molar-refractivity contribution in [2.45, 2.75) is 26.2 Å². The van der Waals surface area contributed by atoms with Gasteiger partial charge in [-0.3, -0.25) is 0 Å². The summed E-state index contributed by atoms with van der Waals surface area (Å²) in [5, 5.41) is 0. The SMILES string of the molecule is C[Si](C)=[Hf]=[Si](C)C. The van der Waals surface area contributed by atoms with Crippen molar-refractivity contribution >= 4 is 11.0 Å². The summed E-state index contributed by atoms with van der Waals surface area (Å²) in [4.78, 5) is 0. The summed E-state index contributed by atoms with van der Waals surface area (Å²) in [5.74, 6) is 0. The van der Waals surface area contributed by atoms with Crippen molar-refractivity contribution in [1.29, 1.82) is 0 Å². The predicted octanol–water partition coefficient (Wildman–Crippen LogP) is 1.57. The molecule has 0 heterocycles. The van der Waals surface area contributed by atoms with Gasteiger partial charge in [0.25, 0.3) is 0 Å². The monoisotopic (exact) mass is 296 g/mol. The molecular weight excluding hydrogens is 283 g/mol. The van der Waals surface area contributed by atoms with Gasteiger partial charge in [-0.15, -0.1) is 0 Å². The Morgan fingerprint density at radius 1 is 0.857 bits per heavy atom. The van der Waals surface area contributed by atoms with Crippen molar-refractivity contribution in [3.63, 3.8) is 0 Å². The quantitative estimate of drug-likeness (QED) is 0.595. The number of rotatable bonds is 0. The topological polar surface area (TPSA) is 0 Å². The molecular formula is C4H12HfSi2. The third kappa shape index (κ3) is 7.30. The van der Waals surface area contributed by atoms with Gasteiger partial charge in [0.05, 0.1) is 0 Å². The van der Waals surface area contributed by atoms with Gasteiger partial charge in [0, 0.05) is 0 Å². The molecule has 0 unspecified atom stereocenters. The molecule has 0 atom stereocenters. The fourth-order valence-electron chi connectivity index (χ4n) is 0.500. The molecule has 0 saturated carbocycles.